The Kier molecular flexibility index (Phi) is 4.59. The van der Waals surface area contributed by atoms with Crippen LogP contribution in [0.25, 0.3) is 0 Å². The van der Waals surface area contributed by atoms with Gasteiger partial charge in [0.2, 0.25) is 5.91 Å². The second-order valence-electron chi connectivity index (χ2n) is 4.85. The summed E-state index contributed by atoms with van der Waals surface area (Å²) in [6.07, 6.45) is 0.515. The maximum Gasteiger partial charge on any atom is 0.232 e. The summed E-state index contributed by atoms with van der Waals surface area (Å²) < 4.78 is 22.8. The van der Waals surface area contributed by atoms with Gasteiger partial charge in [-0.05, 0) is 24.6 Å². The number of hydrogen-bond donors (Lipinski definition) is 1. The predicted molar refractivity (Wildman–Crippen MR) is 78.7 cm³/mol. The van der Waals surface area contributed by atoms with Gasteiger partial charge in [0.15, 0.2) is 9.84 Å². The van der Waals surface area contributed by atoms with Crippen LogP contribution in [0.1, 0.15) is 6.42 Å². The van der Waals surface area contributed by atoms with Crippen LogP contribution in [0.4, 0.5) is 0 Å². The Labute approximate surface area is 122 Å². The fourth-order valence-electron chi connectivity index (χ4n) is 2.10. The number of aromatic hydroxyl groups is 1. The number of amides is 1. The highest BCUT2D eigenvalue weighted by Gasteiger charge is 2.32. The number of benzene rings is 1. The van der Waals surface area contributed by atoms with Crippen LogP contribution < -0.4 is 0 Å². The Bertz CT molecular complexity index is 600. The van der Waals surface area contributed by atoms with Crippen LogP contribution in [-0.4, -0.2) is 54.7 Å². The second kappa shape index (κ2) is 6.05. The molecular formula is C13H17NO4S2. The molecule has 0 bridgehead atoms. The van der Waals surface area contributed by atoms with Crippen molar-refractivity contribution in [1.29, 1.82) is 0 Å². The number of phenols is 1. The first-order valence-electron chi connectivity index (χ1n) is 6.25. The molecule has 1 aliphatic rings. The van der Waals surface area contributed by atoms with Crippen LogP contribution in [0, 0.1) is 0 Å². The molecule has 0 aromatic heterocycles. The Morgan fingerprint density at radius 1 is 1.50 bits per heavy atom. The molecule has 1 atom stereocenters. The van der Waals surface area contributed by atoms with Crippen LogP contribution in [0.2, 0.25) is 0 Å². The molecule has 1 aliphatic heterocycles. The normalized spacial score (nSPS) is 20.8. The number of phenolic OH excluding ortho intramolecular Hbond substituents is 1. The van der Waals surface area contributed by atoms with Crippen LogP contribution in [-0.2, 0) is 14.6 Å². The van der Waals surface area contributed by atoms with Crippen molar-refractivity contribution in [3.63, 3.8) is 0 Å². The molecule has 5 nitrogen and oxygen atoms in total. The number of carbonyl (C=O) groups is 1. The van der Waals surface area contributed by atoms with E-state index in [1.807, 2.05) is 6.07 Å². The summed E-state index contributed by atoms with van der Waals surface area (Å²) >= 11 is 1.33. The molecule has 1 amide bonds. The second-order valence-corrected chi connectivity index (χ2v) is 8.13. The minimum absolute atomic E-state index is 0.0615. The van der Waals surface area contributed by atoms with E-state index in [-0.39, 0.29) is 35.0 Å². The predicted octanol–water partition coefficient (Wildman–Crippen LogP) is 1.13. The molecule has 1 unspecified atom stereocenters. The third kappa shape index (κ3) is 3.89. The van der Waals surface area contributed by atoms with Crippen molar-refractivity contribution in [3.05, 3.63) is 24.3 Å². The van der Waals surface area contributed by atoms with Crippen molar-refractivity contribution < 1.29 is 18.3 Å². The lowest BCUT2D eigenvalue weighted by molar-refractivity contribution is -0.128. The van der Waals surface area contributed by atoms with Gasteiger partial charge in [0.1, 0.15) is 5.75 Å². The van der Waals surface area contributed by atoms with E-state index in [2.05, 4.69) is 0 Å². The molecule has 1 N–H and O–H groups in total. The number of carbonyl (C=O) groups excluding carboxylic acids is 1. The van der Waals surface area contributed by atoms with Crippen LogP contribution in [0.15, 0.2) is 29.2 Å². The monoisotopic (exact) mass is 315 g/mol. The molecule has 1 aromatic carbocycles. The van der Waals surface area contributed by atoms with E-state index in [0.717, 1.165) is 4.90 Å². The average Bonchev–Trinajstić information content (AvgIpc) is 2.75. The number of hydrogen-bond acceptors (Lipinski definition) is 5. The number of sulfone groups is 1. The molecule has 0 saturated carbocycles. The summed E-state index contributed by atoms with van der Waals surface area (Å²) in [4.78, 5) is 14.4. The highest BCUT2D eigenvalue weighted by Crippen LogP contribution is 2.23. The van der Waals surface area contributed by atoms with E-state index in [0.29, 0.717) is 6.42 Å². The largest absolute Gasteiger partial charge is 0.508 e. The Morgan fingerprint density at radius 3 is 2.85 bits per heavy atom. The first-order valence-corrected chi connectivity index (χ1v) is 9.06. The van der Waals surface area contributed by atoms with Crippen LogP contribution in [0.5, 0.6) is 5.75 Å². The molecule has 0 aliphatic carbocycles. The van der Waals surface area contributed by atoms with Crippen LogP contribution >= 0.6 is 11.8 Å². The molecule has 1 heterocycles. The van der Waals surface area contributed by atoms with E-state index in [1.165, 1.54) is 16.7 Å². The highest BCUT2D eigenvalue weighted by molar-refractivity contribution is 8.00. The lowest BCUT2D eigenvalue weighted by Gasteiger charge is -2.23. The first-order chi connectivity index (χ1) is 9.37. The Morgan fingerprint density at radius 2 is 2.25 bits per heavy atom. The van der Waals surface area contributed by atoms with Crippen molar-refractivity contribution in [1.82, 2.24) is 4.90 Å². The summed E-state index contributed by atoms with van der Waals surface area (Å²) in [5.74, 6) is 0.524. The summed E-state index contributed by atoms with van der Waals surface area (Å²) in [6.45, 7) is 0. The van der Waals surface area contributed by atoms with Gasteiger partial charge in [-0.3, -0.25) is 4.79 Å². The fraction of sp³-hybridized carbons (Fsp3) is 0.462. The minimum atomic E-state index is -2.98. The zero-order valence-electron chi connectivity index (χ0n) is 11.2. The highest BCUT2D eigenvalue weighted by atomic mass is 32.2. The third-order valence-electron chi connectivity index (χ3n) is 3.33. The molecule has 20 heavy (non-hydrogen) atoms. The van der Waals surface area contributed by atoms with Gasteiger partial charge in [0.25, 0.3) is 0 Å². The number of rotatable bonds is 4. The van der Waals surface area contributed by atoms with E-state index in [4.69, 9.17) is 0 Å². The quantitative estimate of drug-likeness (QED) is 0.843. The van der Waals surface area contributed by atoms with Crippen molar-refractivity contribution in [2.75, 3.05) is 24.3 Å². The van der Waals surface area contributed by atoms with Gasteiger partial charge in [-0.25, -0.2) is 8.42 Å². The van der Waals surface area contributed by atoms with Gasteiger partial charge in [-0.15, -0.1) is 11.8 Å². The van der Waals surface area contributed by atoms with Crippen LogP contribution in [0.3, 0.4) is 0 Å². The molecular weight excluding hydrogens is 298 g/mol. The average molecular weight is 315 g/mol. The molecule has 110 valence electrons. The SMILES string of the molecule is CN(C(=O)CSc1cccc(O)c1)C1CCS(=O)(=O)C1. The molecule has 1 fully saturated rings. The van der Waals surface area contributed by atoms with Gasteiger partial charge >= 0.3 is 0 Å². The van der Waals surface area contributed by atoms with Gasteiger partial charge < -0.3 is 10.0 Å². The minimum Gasteiger partial charge on any atom is -0.508 e. The number of thioether (sulfide) groups is 1. The Balaban J connectivity index is 1.89. The topological polar surface area (TPSA) is 74.7 Å². The summed E-state index contributed by atoms with van der Waals surface area (Å²) in [7, 11) is -1.33. The standard InChI is InChI=1S/C13H17NO4S2/c1-14(10-5-6-20(17,18)9-10)13(16)8-19-12-4-2-3-11(15)7-12/h2-4,7,10,15H,5-6,8-9H2,1H3. The summed E-state index contributed by atoms with van der Waals surface area (Å²) in [6, 6.07) is 6.49. The van der Waals surface area contributed by atoms with E-state index >= 15 is 0 Å². The van der Waals surface area contributed by atoms with Gasteiger partial charge in [-0.2, -0.15) is 0 Å². The molecule has 1 aromatic rings. The Hall–Kier alpha value is -1.21. The molecule has 0 spiro atoms. The zero-order valence-corrected chi connectivity index (χ0v) is 12.8. The zero-order chi connectivity index (χ0) is 14.8. The van der Waals surface area contributed by atoms with Gasteiger partial charge in [0.05, 0.1) is 17.3 Å². The van der Waals surface area contributed by atoms with Crippen molar-refractivity contribution in [2.24, 2.45) is 0 Å². The smallest absolute Gasteiger partial charge is 0.232 e. The lowest BCUT2D eigenvalue weighted by atomic mass is 10.2. The maximum absolute atomic E-state index is 12.0. The summed E-state index contributed by atoms with van der Waals surface area (Å²) in [5.41, 5.74) is 0. The molecule has 0 radical (unpaired) electrons. The van der Waals surface area contributed by atoms with Gasteiger partial charge in [-0.1, -0.05) is 6.07 Å². The van der Waals surface area contributed by atoms with E-state index in [1.54, 1.807) is 25.2 Å². The van der Waals surface area contributed by atoms with Crippen molar-refractivity contribution in [3.8, 4) is 5.75 Å². The maximum atomic E-state index is 12.0. The van der Waals surface area contributed by atoms with Crippen molar-refractivity contribution >= 4 is 27.5 Å². The lowest BCUT2D eigenvalue weighted by Crippen LogP contribution is -2.38. The molecule has 1 saturated heterocycles. The molecule has 2 rings (SSSR count). The summed E-state index contributed by atoms with van der Waals surface area (Å²) in [5, 5.41) is 9.34. The van der Waals surface area contributed by atoms with Gasteiger partial charge in [0, 0.05) is 18.0 Å². The molecule has 7 heteroatoms. The first kappa shape index (κ1) is 15.2. The third-order valence-corrected chi connectivity index (χ3v) is 6.06. The van der Waals surface area contributed by atoms with Crippen molar-refractivity contribution in [2.45, 2.75) is 17.4 Å². The van der Waals surface area contributed by atoms with E-state index < -0.39 is 9.84 Å². The fourth-order valence-corrected chi connectivity index (χ4v) is 4.75. The van der Waals surface area contributed by atoms with E-state index in [9.17, 15) is 18.3 Å². The number of nitrogens with zero attached hydrogens (tertiary/aromatic N) is 1.